The Morgan fingerprint density at radius 3 is 2.30 bits per heavy atom. The van der Waals surface area contributed by atoms with Crippen molar-refractivity contribution in [2.45, 2.75) is 85.0 Å². The van der Waals surface area contributed by atoms with Gasteiger partial charge in [0.15, 0.2) is 0 Å². The van der Waals surface area contributed by atoms with Gasteiger partial charge in [-0.1, -0.05) is 64.5 Å². The van der Waals surface area contributed by atoms with Crippen LogP contribution in [0.4, 0.5) is 0 Å². The lowest BCUT2D eigenvalue weighted by atomic mass is 9.89. The van der Waals surface area contributed by atoms with Crippen molar-refractivity contribution in [3.63, 3.8) is 0 Å². The zero-order chi connectivity index (χ0) is 22.4. The Kier molecular flexibility index (Phi) is 12.7. The van der Waals surface area contributed by atoms with Crippen molar-refractivity contribution in [1.29, 1.82) is 0 Å². The first kappa shape index (κ1) is 25.8. The zero-order valence-corrected chi connectivity index (χ0v) is 19.6. The Labute approximate surface area is 185 Å². The van der Waals surface area contributed by atoms with Crippen LogP contribution in [0.5, 0.6) is 5.75 Å². The number of aryl methyl sites for hydroxylation is 1. The lowest BCUT2D eigenvalue weighted by Crippen LogP contribution is -2.00. The molecule has 0 bridgehead atoms. The van der Waals surface area contributed by atoms with Crippen LogP contribution in [-0.4, -0.2) is 11.7 Å². The van der Waals surface area contributed by atoms with E-state index < -0.39 is 0 Å². The summed E-state index contributed by atoms with van der Waals surface area (Å²) in [5, 5.41) is 9.14. The third-order valence-electron chi connectivity index (χ3n) is 5.49. The summed E-state index contributed by atoms with van der Waals surface area (Å²) < 4.78 is 5.97. The third-order valence-corrected chi connectivity index (χ3v) is 5.49. The molecule has 1 aromatic rings. The Bertz CT molecular complexity index is 724. The SMILES string of the molecule is C=C(O)CCCCCOc1ccc(C)c(C(=C)/C(=C\C)C(=C)CCCCCCC)c1. The molecule has 0 atom stereocenters. The second-order valence-corrected chi connectivity index (χ2v) is 8.15. The van der Waals surface area contributed by atoms with E-state index in [2.05, 4.69) is 58.7 Å². The third kappa shape index (κ3) is 9.52. The highest BCUT2D eigenvalue weighted by atomic mass is 16.5. The fourth-order valence-electron chi connectivity index (χ4n) is 3.63. The number of unbranched alkanes of at least 4 members (excludes halogenated alkanes) is 6. The molecule has 1 aromatic carbocycles. The summed E-state index contributed by atoms with van der Waals surface area (Å²) in [5.74, 6) is 1.14. The van der Waals surface area contributed by atoms with Crippen molar-refractivity contribution in [2.24, 2.45) is 0 Å². The number of rotatable bonds is 16. The Morgan fingerprint density at radius 1 is 0.967 bits per heavy atom. The van der Waals surface area contributed by atoms with Gasteiger partial charge in [0.25, 0.3) is 0 Å². The molecule has 0 radical (unpaired) electrons. The highest BCUT2D eigenvalue weighted by molar-refractivity contribution is 5.83. The van der Waals surface area contributed by atoms with Crippen molar-refractivity contribution in [1.82, 2.24) is 0 Å². The van der Waals surface area contributed by atoms with Gasteiger partial charge in [0.05, 0.1) is 12.4 Å². The fourth-order valence-corrected chi connectivity index (χ4v) is 3.63. The normalized spacial score (nSPS) is 11.4. The van der Waals surface area contributed by atoms with Gasteiger partial charge in [-0.25, -0.2) is 0 Å². The minimum atomic E-state index is 0.264. The van der Waals surface area contributed by atoms with Gasteiger partial charge < -0.3 is 9.84 Å². The van der Waals surface area contributed by atoms with E-state index in [1.807, 2.05) is 6.07 Å². The van der Waals surface area contributed by atoms with Crippen LogP contribution < -0.4 is 4.74 Å². The van der Waals surface area contributed by atoms with Crippen LogP contribution in [0.25, 0.3) is 5.57 Å². The topological polar surface area (TPSA) is 29.5 Å². The predicted octanol–water partition coefficient (Wildman–Crippen LogP) is 8.88. The average molecular weight is 411 g/mol. The van der Waals surface area contributed by atoms with Gasteiger partial charge in [-0.05, 0) is 85.9 Å². The molecule has 2 heteroatoms. The van der Waals surface area contributed by atoms with E-state index >= 15 is 0 Å². The molecule has 0 saturated heterocycles. The minimum Gasteiger partial charge on any atom is -0.513 e. The van der Waals surface area contributed by atoms with Crippen LogP contribution >= 0.6 is 0 Å². The van der Waals surface area contributed by atoms with E-state index in [4.69, 9.17) is 9.84 Å². The molecule has 166 valence electrons. The molecule has 0 unspecified atom stereocenters. The summed E-state index contributed by atoms with van der Waals surface area (Å²) in [6, 6.07) is 6.23. The van der Waals surface area contributed by atoms with Gasteiger partial charge >= 0.3 is 0 Å². The molecular weight excluding hydrogens is 368 g/mol. The minimum absolute atomic E-state index is 0.264. The van der Waals surface area contributed by atoms with E-state index in [9.17, 15) is 0 Å². The number of ether oxygens (including phenoxy) is 1. The summed E-state index contributed by atoms with van der Waals surface area (Å²) in [7, 11) is 0. The predicted molar refractivity (Wildman–Crippen MR) is 132 cm³/mol. The lowest BCUT2D eigenvalue weighted by molar-refractivity contribution is 0.302. The molecule has 1 N–H and O–H groups in total. The Balaban J connectivity index is 2.65. The summed E-state index contributed by atoms with van der Waals surface area (Å²) in [5.41, 5.74) is 5.69. The molecule has 2 nitrogen and oxygen atoms in total. The summed E-state index contributed by atoms with van der Waals surface area (Å²) in [6.45, 7) is 19.4. The van der Waals surface area contributed by atoms with Crippen molar-refractivity contribution in [3.05, 3.63) is 72.0 Å². The van der Waals surface area contributed by atoms with Crippen LogP contribution in [0.15, 0.2) is 60.9 Å². The smallest absolute Gasteiger partial charge is 0.119 e. The average Bonchev–Trinajstić information content (AvgIpc) is 2.71. The second-order valence-electron chi connectivity index (χ2n) is 8.15. The molecule has 0 aliphatic carbocycles. The molecule has 0 fully saturated rings. The first-order chi connectivity index (χ1) is 14.4. The van der Waals surface area contributed by atoms with Crippen LogP contribution in [0, 0.1) is 6.92 Å². The molecule has 0 spiro atoms. The molecule has 30 heavy (non-hydrogen) atoms. The maximum atomic E-state index is 9.14. The first-order valence-electron chi connectivity index (χ1n) is 11.5. The molecule has 0 aromatic heterocycles. The van der Waals surface area contributed by atoms with E-state index in [-0.39, 0.29) is 5.76 Å². The summed E-state index contributed by atoms with van der Waals surface area (Å²) in [6.07, 6.45) is 13.1. The number of hydrogen-bond acceptors (Lipinski definition) is 2. The highest BCUT2D eigenvalue weighted by Crippen LogP contribution is 2.33. The molecule has 0 aliphatic rings. The van der Waals surface area contributed by atoms with Gasteiger partial charge in [-0.15, -0.1) is 0 Å². The van der Waals surface area contributed by atoms with Crippen molar-refractivity contribution in [3.8, 4) is 5.75 Å². The Hall–Kier alpha value is -2.22. The standard InChI is InChI=1S/C28H42O2/c1-7-9-10-11-13-16-22(3)27(8-2)25(6)28-21-26(19-18-23(28)4)30-20-15-12-14-17-24(5)29/h8,18-19,21,29H,3,5-7,9-17,20H2,1-2,4H3/b27-8-. The Morgan fingerprint density at radius 2 is 1.63 bits per heavy atom. The van der Waals surface area contributed by atoms with Crippen LogP contribution in [0.3, 0.4) is 0 Å². The van der Waals surface area contributed by atoms with Crippen LogP contribution in [0.2, 0.25) is 0 Å². The van der Waals surface area contributed by atoms with E-state index in [0.717, 1.165) is 48.1 Å². The molecule has 0 amide bonds. The summed E-state index contributed by atoms with van der Waals surface area (Å²) >= 11 is 0. The van der Waals surface area contributed by atoms with Gasteiger partial charge in [-0.3, -0.25) is 0 Å². The van der Waals surface area contributed by atoms with Gasteiger partial charge in [-0.2, -0.15) is 0 Å². The quantitative estimate of drug-likeness (QED) is 0.167. The molecule has 0 aliphatic heterocycles. The van der Waals surface area contributed by atoms with E-state index in [1.165, 1.54) is 43.2 Å². The second kappa shape index (κ2) is 14.7. The van der Waals surface area contributed by atoms with Gasteiger partial charge in [0, 0.05) is 6.42 Å². The number of hydrogen-bond donors (Lipinski definition) is 1. The van der Waals surface area contributed by atoms with Gasteiger partial charge in [0.2, 0.25) is 0 Å². The first-order valence-corrected chi connectivity index (χ1v) is 11.5. The number of benzene rings is 1. The number of aliphatic hydroxyl groups is 1. The maximum absolute atomic E-state index is 9.14. The van der Waals surface area contributed by atoms with Crippen LogP contribution in [-0.2, 0) is 0 Å². The molecule has 0 heterocycles. The number of aliphatic hydroxyl groups excluding tert-OH is 1. The largest absolute Gasteiger partial charge is 0.513 e. The van der Waals surface area contributed by atoms with E-state index in [0.29, 0.717) is 13.0 Å². The maximum Gasteiger partial charge on any atom is 0.119 e. The fraction of sp³-hybridized carbons (Fsp3) is 0.500. The van der Waals surface area contributed by atoms with Crippen LogP contribution in [0.1, 0.15) is 89.2 Å². The van der Waals surface area contributed by atoms with Gasteiger partial charge in [0.1, 0.15) is 5.75 Å². The monoisotopic (exact) mass is 410 g/mol. The molecular formula is C28H42O2. The van der Waals surface area contributed by atoms with E-state index in [1.54, 1.807) is 0 Å². The molecule has 0 saturated carbocycles. The number of allylic oxidation sites excluding steroid dienone is 5. The van der Waals surface area contributed by atoms with Crippen molar-refractivity contribution >= 4 is 5.57 Å². The lowest BCUT2D eigenvalue weighted by Gasteiger charge is -2.17. The molecule has 1 rings (SSSR count). The zero-order valence-electron chi connectivity index (χ0n) is 19.6. The highest BCUT2D eigenvalue weighted by Gasteiger charge is 2.12. The summed E-state index contributed by atoms with van der Waals surface area (Å²) in [4.78, 5) is 0. The van der Waals surface area contributed by atoms with Crippen molar-refractivity contribution in [2.75, 3.05) is 6.61 Å². The van der Waals surface area contributed by atoms with Crippen molar-refractivity contribution < 1.29 is 9.84 Å².